The molecule has 0 atom stereocenters. The summed E-state index contributed by atoms with van der Waals surface area (Å²) in [6, 6.07) is 3.58. The highest BCUT2D eigenvalue weighted by atomic mass is 35.5. The summed E-state index contributed by atoms with van der Waals surface area (Å²) >= 11 is 5.80. The third-order valence-corrected chi connectivity index (χ3v) is 2.74. The molecule has 1 aromatic heterocycles. The lowest BCUT2D eigenvalue weighted by molar-refractivity contribution is 0.0697. The van der Waals surface area contributed by atoms with Gasteiger partial charge in [0.15, 0.2) is 5.82 Å². The number of nitrogens with zero attached hydrogens (tertiary/aromatic N) is 2. The number of hydrogen-bond donors (Lipinski definition) is 3. The third-order valence-electron chi connectivity index (χ3n) is 2.43. The maximum absolute atomic E-state index is 11.7. The van der Waals surface area contributed by atoms with E-state index >= 15 is 0 Å². The van der Waals surface area contributed by atoms with Crippen molar-refractivity contribution in [1.29, 1.82) is 0 Å². The summed E-state index contributed by atoms with van der Waals surface area (Å²) in [6.07, 6.45) is 0. The molecular weight excluding hydrogens is 300 g/mol. The zero-order chi connectivity index (χ0) is 15.4. The number of aromatic carboxylic acids is 1. The lowest BCUT2D eigenvalue weighted by Gasteiger charge is -2.07. The van der Waals surface area contributed by atoms with Crippen LogP contribution in [0, 0.1) is 6.92 Å². The Bertz CT molecular complexity index is 686. The third kappa shape index (κ3) is 3.93. The van der Waals surface area contributed by atoms with Gasteiger partial charge in [-0.15, -0.1) is 0 Å². The predicted molar refractivity (Wildman–Crippen MR) is 73.3 cm³/mol. The Hall–Kier alpha value is -2.61. The first-order chi connectivity index (χ1) is 9.95. The Morgan fingerprint density at radius 2 is 2.19 bits per heavy atom. The van der Waals surface area contributed by atoms with Crippen LogP contribution in [0.4, 0.5) is 10.5 Å². The first-order valence-corrected chi connectivity index (χ1v) is 6.20. The highest BCUT2D eigenvalue weighted by Crippen LogP contribution is 2.20. The number of aryl methyl sites for hydroxylation is 1. The van der Waals surface area contributed by atoms with Crippen molar-refractivity contribution in [3.8, 4) is 0 Å². The molecule has 0 spiro atoms. The Morgan fingerprint density at radius 1 is 1.43 bits per heavy atom. The summed E-state index contributed by atoms with van der Waals surface area (Å²) in [6.45, 7) is 1.74. The van der Waals surface area contributed by atoms with Crippen LogP contribution < -0.4 is 10.6 Å². The molecule has 0 aliphatic carbocycles. The van der Waals surface area contributed by atoms with Gasteiger partial charge in [-0.25, -0.2) is 9.59 Å². The molecule has 9 heteroatoms. The lowest BCUT2D eigenvalue weighted by atomic mass is 10.2. The molecule has 2 aromatic rings. The fraction of sp³-hybridized carbons (Fsp3) is 0.167. The first kappa shape index (κ1) is 14.8. The summed E-state index contributed by atoms with van der Waals surface area (Å²) in [5, 5.41) is 17.5. The van der Waals surface area contributed by atoms with E-state index in [1.54, 1.807) is 6.92 Å². The second kappa shape index (κ2) is 6.23. The van der Waals surface area contributed by atoms with Crippen molar-refractivity contribution >= 4 is 29.3 Å². The number of urea groups is 1. The van der Waals surface area contributed by atoms with Crippen LogP contribution in [0.3, 0.4) is 0 Å². The molecule has 110 valence electrons. The monoisotopic (exact) mass is 310 g/mol. The number of amides is 2. The number of carboxylic acids is 1. The molecule has 0 radical (unpaired) electrons. The SMILES string of the molecule is Cc1noc(CNC(=O)Nc2ccc(C(=O)O)c(Cl)c2)n1. The van der Waals surface area contributed by atoms with Gasteiger partial charge in [0, 0.05) is 5.69 Å². The van der Waals surface area contributed by atoms with Crippen molar-refractivity contribution in [2.24, 2.45) is 0 Å². The summed E-state index contributed by atoms with van der Waals surface area (Å²) in [7, 11) is 0. The van der Waals surface area contributed by atoms with Crippen LogP contribution in [-0.2, 0) is 6.54 Å². The zero-order valence-corrected chi connectivity index (χ0v) is 11.6. The molecule has 0 aliphatic heterocycles. The smallest absolute Gasteiger partial charge is 0.337 e. The van der Waals surface area contributed by atoms with E-state index in [1.807, 2.05) is 0 Å². The van der Waals surface area contributed by atoms with Crippen LogP contribution in [-0.4, -0.2) is 27.2 Å². The van der Waals surface area contributed by atoms with Gasteiger partial charge in [0.1, 0.15) is 0 Å². The predicted octanol–water partition coefficient (Wildman–Crippen LogP) is 2.05. The Morgan fingerprint density at radius 3 is 2.76 bits per heavy atom. The van der Waals surface area contributed by atoms with Crippen LogP contribution >= 0.6 is 11.6 Å². The summed E-state index contributed by atoms with van der Waals surface area (Å²) in [4.78, 5) is 26.4. The molecule has 0 saturated carbocycles. The highest BCUT2D eigenvalue weighted by Gasteiger charge is 2.10. The van der Waals surface area contributed by atoms with Crippen molar-refractivity contribution in [1.82, 2.24) is 15.5 Å². The van der Waals surface area contributed by atoms with E-state index in [9.17, 15) is 9.59 Å². The summed E-state index contributed by atoms with van der Waals surface area (Å²) in [5.74, 6) is -0.382. The fourth-order valence-electron chi connectivity index (χ4n) is 1.51. The molecule has 2 rings (SSSR count). The number of carbonyl (C=O) groups is 2. The summed E-state index contributed by atoms with van der Waals surface area (Å²) in [5.41, 5.74) is 0.327. The topological polar surface area (TPSA) is 117 Å². The number of benzene rings is 1. The number of rotatable bonds is 4. The van der Waals surface area contributed by atoms with Crippen molar-refractivity contribution in [3.05, 3.63) is 40.5 Å². The van der Waals surface area contributed by atoms with Gasteiger partial charge >= 0.3 is 12.0 Å². The largest absolute Gasteiger partial charge is 0.478 e. The molecule has 0 unspecified atom stereocenters. The Balaban J connectivity index is 1.93. The average Bonchev–Trinajstić information content (AvgIpc) is 2.82. The number of carbonyl (C=O) groups excluding carboxylic acids is 1. The Labute approximate surface area is 124 Å². The van der Waals surface area contributed by atoms with Gasteiger partial charge in [0.2, 0.25) is 5.89 Å². The number of nitrogens with one attached hydrogen (secondary N) is 2. The molecule has 21 heavy (non-hydrogen) atoms. The first-order valence-electron chi connectivity index (χ1n) is 5.82. The van der Waals surface area contributed by atoms with Crippen LogP contribution in [0.2, 0.25) is 5.02 Å². The van der Waals surface area contributed by atoms with Gasteiger partial charge in [-0.2, -0.15) is 4.98 Å². The quantitative estimate of drug-likeness (QED) is 0.795. The van der Waals surface area contributed by atoms with Crippen molar-refractivity contribution < 1.29 is 19.2 Å². The molecule has 0 bridgehead atoms. The molecule has 3 N–H and O–H groups in total. The minimum atomic E-state index is -1.14. The number of halogens is 1. The van der Waals surface area contributed by atoms with Crippen molar-refractivity contribution in [2.45, 2.75) is 13.5 Å². The van der Waals surface area contributed by atoms with E-state index in [0.717, 1.165) is 0 Å². The maximum atomic E-state index is 11.7. The molecule has 0 saturated heterocycles. The van der Waals surface area contributed by atoms with E-state index < -0.39 is 12.0 Å². The minimum Gasteiger partial charge on any atom is -0.478 e. The standard InChI is InChI=1S/C12H11ClN4O4/c1-6-15-10(21-17-6)5-14-12(20)16-7-2-3-8(11(18)19)9(13)4-7/h2-4H,5H2,1H3,(H,18,19)(H2,14,16,20). The second-order valence-corrected chi connectivity index (χ2v) is 4.45. The van der Waals surface area contributed by atoms with E-state index in [1.165, 1.54) is 18.2 Å². The van der Waals surface area contributed by atoms with Gasteiger partial charge in [-0.05, 0) is 25.1 Å². The van der Waals surface area contributed by atoms with Gasteiger partial charge in [-0.3, -0.25) is 0 Å². The molecular formula is C12H11ClN4O4. The maximum Gasteiger partial charge on any atom is 0.337 e. The van der Waals surface area contributed by atoms with Gasteiger partial charge in [-0.1, -0.05) is 16.8 Å². The van der Waals surface area contributed by atoms with Gasteiger partial charge in [0.05, 0.1) is 17.1 Å². The number of hydrogen-bond acceptors (Lipinski definition) is 5. The second-order valence-electron chi connectivity index (χ2n) is 4.04. The molecule has 0 fully saturated rings. The van der Waals surface area contributed by atoms with Crippen molar-refractivity contribution in [2.75, 3.05) is 5.32 Å². The summed E-state index contributed by atoms with van der Waals surface area (Å²) < 4.78 is 4.84. The lowest BCUT2D eigenvalue weighted by Crippen LogP contribution is -2.28. The van der Waals surface area contributed by atoms with E-state index in [-0.39, 0.29) is 23.0 Å². The van der Waals surface area contributed by atoms with Crippen LogP contribution in [0.5, 0.6) is 0 Å². The average molecular weight is 311 g/mol. The number of anilines is 1. The Kier molecular flexibility index (Phi) is 4.39. The van der Waals surface area contributed by atoms with Crippen LogP contribution in [0.1, 0.15) is 22.1 Å². The molecule has 0 aliphatic rings. The van der Waals surface area contributed by atoms with Gasteiger partial charge < -0.3 is 20.3 Å². The molecule has 1 aromatic carbocycles. The fourth-order valence-corrected chi connectivity index (χ4v) is 1.77. The molecule has 1 heterocycles. The molecule has 8 nitrogen and oxygen atoms in total. The normalized spacial score (nSPS) is 10.2. The van der Waals surface area contributed by atoms with E-state index in [2.05, 4.69) is 20.8 Å². The number of carboxylic acid groups (broad SMARTS) is 1. The van der Waals surface area contributed by atoms with E-state index in [0.29, 0.717) is 11.5 Å². The van der Waals surface area contributed by atoms with Crippen LogP contribution in [0.25, 0.3) is 0 Å². The number of aromatic nitrogens is 2. The van der Waals surface area contributed by atoms with Crippen molar-refractivity contribution in [3.63, 3.8) is 0 Å². The van der Waals surface area contributed by atoms with Crippen LogP contribution in [0.15, 0.2) is 22.7 Å². The van der Waals surface area contributed by atoms with E-state index in [4.69, 9.17) is 21.2 Å². The minimum absolute atomic E-state index is 0.0350. The zero-order valence-electron chi connectivity index (χ0n) is 10.9. The van der Waals surface area contributed by atoms with Gasteiger partial charge in [0.25, 0.3) is 0 Å². The highest BCUT2D eigenvalue weighted by molar-refractivity contribution is 6.33. The molecule has 2 amide bonds.